The molecule has 0 radical (unpaired) electrons. The molecule has 3 heterocycles. The molecule has 2 bridgehead atoms. The van der Waals surface area contributed by atoms with Crippen LogP contribution in [0.15, 0.2) is 36.9 Å². The van der Waals surface area contributed by atoms with Gasteiger partial charge in [-0.15, -0.1) is 6.58 Å². The lowest BCUT2D eigenvalue weighted by Gasteiger charge is -2.37. The van der Waals surface area contributed by atoms with Crippen molar-refractivity contribution in [2.45, 2.75) is 63.2 Å². The van der Waals surface area contributed by atoms with Gasteiger partial charge < -0.3 is 24.4 Å². The quantitative estimate of drug-likeness (QED) is 0.274. The molecule has 1 aromatic rings. The second-order valence-electron chi connectivity index (χ2n) is 9.76. The first-order valence-corrected chi connectivity index (χ1v) is 13.1. The molecular formula is C27H35ClN2O6. The van der Waals surface area contributed by atoms with Crippen LogP contribution in [0.1, 0.15) is 46.0 Å². The minimum absolute atomic E-state index is 0.0104. The van der Waals surface area contributed by atoms with Gasteiger partial charge in [-0.1, -0.05) is 24.6 Å². The Morgan fingerprint density at radius 1 is 1.28 bits per heavy atom. The molecule has 1 aromatic carbocycles. The van der Waals surface area contributed by atoms with Gasteiger partial charge in [0.25, 0.3) is 5.91 Å². The van der Waals surface area contributed by atoms with Gasteiger partial charge >= 0.3 is 5.97 Å². The number of fused-ring (bicyclic) bond motifs is 1. The highest BCUT2D eigenvalue weighted by Crippen LogP contribution is 2.64. The Hall–Kier alpha value is -2.42. The van der Waals surface area contributed by atoms with E-state index in [0.717, 1.165) is 0 Å². The number of ether oxygens (including phenoxy) is 2. The van der Waals surface area contributed by atoms with Gasteiger partial charge in [-0.2, -0.15) is 0 Å². The van der Waals surface area contributed by atoms with Crippen LogP contribution >= 0.6 is 11.6 Å². The van der Waals surface area contributed by atoms with E-state index in [1.807, 2.05) is 6.92 Å². The first-order valence-electron chi connectivity index (χ1n) is 12.8. The van der Waals surface area contributed by atoms with E-state index in [9.17, 15) is 19.5 Å². The third-order valence-electron chi connectivity index (χ3n) is 7.98. The summed E-state index contributed by atoms with van der Waals surface area (Å²) in [5, 5.41) is 9.87. The van der Waals surface area contributed by atoms with E-state index in [1.54, 1.807) is 47.1 Å². The summed E-state index contributed by atoms with van der Waals surface area (Å²) in [6.07, 6.45) is 4.28. The second kappa shape index (κ2) is 10.5. The van der Waals surface area contributed by atoms with Crippen molar-refractivity contribution in [2.24, 2.45) is 11.8 Å². The molecule has 3 fully saturated rings. The second-order valence-corrected chi connectivity index (χ2v) is 10.2. The average molecular weight is 519 g/mol. The number of unbranched alkanes of at least 4 members (excludes halogenated alkanes) is 1. The van der Waals surface area contributed by atoms with Gasteiger partial charge in [0, 0.05) is 30.4 Å². The van der Waals surface area contributed by atoms with Gasteiger partial charge in [-0.05, 0) is 63.3 Å². The maximum absolute atomic E-state index is 14.3. The van der Waals surface area contributed by atoms with E-state index >= 15 is 0 Å². The zero-order valence-electron chi connectivity index (χ0n) is 21.0. The Bertz CT molecular complexity index is 1020. The molecule has 36 heavy (non-hydrogen) atoms. The summed E-state index contributed by atoms with van der Waals surface area (Å²) in [7, 11) is 0. The number of benzene rings is 1. The molecule has 3 aliphatic rings. The van der Waals surface area contributed by atoms with Crippen molar-refractivity contribution in [1.82, 2.24) is 4.90 Å². The minimum Gasteiger partial charge on any atom is -0.466 e. The van der Waals surface area contributed by atoms with Crippen LogP contribution in [0, 0.1) is 11.8 Å². The summed E-state index contributed by atoms with van der Waals surface area (Å²) in [4.78, 5) is 44.7. The monoisotopic (exact) mass is 518 g/mol. The smallest absolute Gasteiger partial charge is 0.312 e. The Labute approximate surface area is 217 Å². The number of hydrogen-bond donors (Lipinski definition) is 1. The largest absolute Gasteiger partial charge is 0.466 e. The van der Waals surface area contributed by atoms with Crippen LogP contribution in [0.3, 0.4) is 0 Å². The molecule has 1 N–H and O–H groups in total. The summed E-state index contributed by atoms with van der Waals surface area (Å²) < 4.78 is 12.1. The van der Waals surface area contributed by atoms with Crippen LogP contribution < -0.4 is 4.90 Å². The zero-order valence-corrected chi connectivity index (χ0v) is 21.7. The maximum atomic E-state index is 14.3. The summed E-state index contributed by atoms with van der Waals surface area (Å²) in [6.45, 7) is 8.22. The lowest BCUT2D eigenvalue weighted by molar-refractivity contribution is -0.160. The average Bonchev–Trinajstić information content (AvgIpc) is 3.47. The van der Waals surface area contributed by atoms with Crippen LogP contribution in [0.2, 0.25) is 5.02 Å². The van der Waals surface area contributed by atoms with Gasteiger partial charge in [-0.25, -0.2) is 0 Å². The predicted octanol–water partition coefficient (Wildman–Crippen LogP) is 3.35. The number of esters is 1. The highest BCUT2D eigenvalue weighted by atomic mass is 35.5. The number of halogens is 1. The molecule has 3 aliphatic heterocycles. The number of aliphatic hydroxyl groups excluding tert-OH is 1. The summed E-state index contributed by atoms with van der Waals surface area (Å²) in [5.41, 5.74) is -1.31. The fourth-order valence-corrected chi connectivity index (χ4v) is 6.57. The molecule has 4 rings (SSSR count). The van der Waals surface area contributed by atoms with Gasteiger partial charge in [0.05, 0.1) is 18.1 Å². The number of amides is 2. The Kier molecular flexibility index (Phi) is 7.78. The summed E-state index contributed by atoms with van der Waals surface area (Å²) >= 11 is 6.08. The lowest BCUT2D eigenvalue weighted by atomic mass is 9.65. The third-order valence-corrected chi connectivity index (χ3v) is 8.23. The van der Waals surface area contributed by atoms with Gasteiger partial charge in [0.1, 0.15) is 17.6 Å². The van der Waals surface area contributed by atoms with Gasteiger partial charge in [0.15, 0.2) is 0 Å². The lowest BCUT2D eigenvalue weighted by Crippen LogP contribution is -2.56. The predicted molar refractivity (Wildman–Crippen MR) is 136 cm³/mol. The van der Waals surface area contributed by atoms with Crippen molar-refractivity contribution >= 4 is 35.1 Å². The number of aliphatic hydroxyl groups is 1. The topological polar surface area (TPSA) is 96.4 Å². The third kappa shape index (κ3) is 4.13. The van der Waals surface area contributed by atoms with Crippen molar-refractivity contribution in [3.63, 3.8) is 0 Å². The molecule has 0 aromatic heterocycles. The Balaban J connectivity index is 1.79. The molecule has 9 heteroatoms. The van der Waals surface area contributed by atoms with E-state index in [-0.39, 0.29) is 38.1 Å². The highest BCUT2D eigenvalue weighted by molar-refractivity contribution is 6.30. The molecular weight excluding hydrogens is 484 g/mol. The molecule has 0 aliphatic carbocycles. The normalized spacial score (nSPS) is 30.4. The van der Waals surface area contributed by atoms with E-state index < -0.39 is 35.0 Å². The molecule has 1 spiro atoms. The minimum atomic E-state index is -1.12. The first kappa shape index (κ1) is 26.6. The summed E-state index contributed by atoms with van der Waals surface area (Å²) in [6, 6.07) is 6.03. The maximum Gasteiger partial charge on any atom is 0.312 e. The molecule has 0 saturated carbocycles. The number of hydrogen-bond acceptors (Lipinski definition) is 6. The molecule has 2 amide bonds. The standard InChI is InChI=1S/C27H35ClN2O6/c1-4-15-29(19-11-9-18(28)10-12-19)24(33)22-27-14-13-26(5-2,36-27)21(25(34)35-6-3)20(27)23(32)30(22)16-7-8-17-31/h4,9-12,20-22,31H,1,5-8,13-17H2,2-3H3/t20-,21-,22?,26+,27?/m0/s1. The number of likely N-dealkylation sites (tertiary alicyclic amines) is 1. The van der Waals surface area contributed by atoms with Crippen LogP contribution in [0.5, 0.6) is 0 Å². The van der Waals surface area contributed by atoms with Gasteiger partial charge in [-0.3, -0.25) is 14.4 Å². The Morgan fingerprint density at radius 2 is 2.00 bits per heavy atom. The number of carbonyl (C=O) groups is 3. The van der Waals surface area contributed by atoms with E-state index in [4.69, 9.17) is 21.1 Å². The Morgan fingerprint density at radius 3 is 2.61 bits per heavy atom. The fraction of sp³-hybridized carbons (Fsp3) is 0.593. The SMILES string of the molecule is C=CCN(C(=O)C1N(CCCCO)C(=O)[C@@H]2[C@@H](C(=O)OCC)[C@@]3(CC)CCC12O3)c1ccc(Cl)cc1. The van der Waals surface area contributed by atoms with Crippen molar-refractivity contribution in [2.75, 3.05) is 31.2 Å². The number of nitrogens with zero attached hydrogens (tertiary/aromatic N) is 2. The molecule has 8 nitrogen and oxygen atoms in total. The van der Waals surface area contributed by atoms with E-state index in [1.165, 1.54) is 0 Å². The van der Waals surface area contributed by atoms with Crippen molar-refractivity contribution in [1.29, 1.82) is 0 Å². The van der Waals surface area contributed by atoms with Gasteiger partial charge in [0.2, 0.25) is 5.91 Å². The molecule has 3 saturated heterocycles. The van der Waals surface area contributed by atoms with Crippen LogP contribution in [-0.4, -0.2) is 71.3 Å². The summed E-state index contributed by atoms with van der Waals surface area (Å²) in [5.74, 6) is -2.53. The van der Waals surface area contributed by atoms with Crippen LogP contribution in [0.25, 0.3) is 0 Å². The number of carbonyl (C=O) groups excluding carboxylic acids is 3. The number of rotatable bonds is 11. The molecule has 2 unspecified atom stereocenters. The number of anilines is 1. The van der Waals surface area contributed by atoms with E-state index in [0.29, 0.717) is 42.8 Å². The zero-order chi connectivity index (χ0) is 26.1. The molecule has 196 valence electrons. The van der Waals surface area contributed by atoms with Crippen molar-refractivity contribution < 1.29 is 29.0 Å². The molecule has 5 atom stereocenters. The van der Waals surface area contributed by atoms with Crippen molar-refractivity contribution in [3.05, 3.63) is 41.9 Å². The fourth-order valence-electron chi connectivity index (χ4n) is 6.44. The van der Waals surface area contributed by atoms with E-state index in [2.05, 4.69) is 6.58 Å². The highest BCUT2D eigenvalue weighted by Gasteiger charge is 2.79. The first-order chi connectivity index (χ1) is 17.3. The van der Waals surface area contributed by atoms with Crippen LogP contribution in [0.4, 0.5) is 5.69 Å². The van der Waals surface area contributed by atoms with Crippen molar-refractivity contribution in [3.8, 4) is 0 Å². The van der Waals surface area contributed by atoms with Crippen LogP contribution in [-0.2, 0) is 23.9 Å².